The van der Waals surface area contributed by atoms with E-state index in [1.54, 1.807) is 11.8 Å². The molecule has 0 aliphatic rings. The van der Waals surface area contributed by atoms with Crippen molar-refractivity contribution in [2.75, 3.05) is 17.3 Å². The van der Waals surface area contributed by atoms with Crippen LogP contribution in [0, 0.1) is 10.1 Å². The second kappa shape index (κ2) is 7.88. The lowest BCUT2D eigenvalue weighted by atomic mass is 10.1. The molecule has 2 aromatic carbocycles. The highest BCUT2D eigenvalue weighted by Gasteiger charge is 2.20. The van der Waals surface area contributed by atoms with E-state index in [-0.39, 0.29) is 22.3 Å². The highest BCUT2D eigenvalue weighted by Crippen LogP contribution is 2.31. The van der Waals surface area contributed by atoms with Crippen LogP contribution in [0.1, 0.15) is 25.5 Å². The van der Waals surface area contributed by atoms with Gasteiger partial charge in [-0.25, -0.2) is 8.42 Å². The maximum Gasteiger partial charge on any atom is 0.293 e. The summed E-state index contributed by atoms with van der Waals surface area (Å²) < 4.78 is 23.2. The van der Waals surface area contributed by atoms with Crippen molar-refractivity contribution in [2.45, 2.75) is 29.7 Å². The summed E-state index contributed by atoms with van der Waals surface area (Å²) >= 11 is 1.74. The minimum absolute atomic E-state index is 0.0710. The Morgan fingerprint density at radius 2 is 1.84 bits per heavy atom. The maximum absolute atomic E-state index is 11.6. The standard InChI is InChI=1S/C17H20N2O4S2/c1-4-24-14-7-5-13(6-8-14)12(2)18-16-10-9-15(25(3,22)23)11-17(16)19(20)21/h5-12,18H,4H2,1-3H3. The molecule has 0 aliphatic heterocycles. The van der Waals surface area contributed by atoms with Crippen molar-refractivity contribution in [2.24, 2.45) is 0 Å². The molecule has 1 N–H and O–H groups in total. The van der Waals surface area contributed by atoms with Gasteiger partial charge in [0, 0.05) is 23.3 Å². The number of sulfone groups is 1. The predicted molar refractivity (Wildman–Crippen MR) is 101 cm³/mol. The van der Waals surface area contributed by atoms with Crippen LogP contribution in [-0.4, -0.2) is 25.3 Å². The van der Waals surface area contributed by atoms with E-state index in [9.17, 15) is 18.5 Å². The maximum atomic E-state index is 11.6. The first-order valence-electron chi connectivity index (χ1n) is 7.70. The number of hydrogen-bond acceptors (Lipinski definition) is 6. The molecule has 0 saturated heterocycles. The lowest BCUT2D eigenvalue weighted by Crippen LogP contribution is -2.09. The second-order valence-electron chi connectivity index (χ2n) is 5.58. The van der Waals surface area contributed by atoms with Crippen LogP contribution >= 0.6 is 11.8 Å². The summed E-state index contributed by atoms with van der Waals surface area (Å²) in [5, 5.41) is 14.4. The molecule has 0 bridgehead atoms. The molecule has 0 radical (unpaired) electrons. The summed E-state index contributed by atoms with van der Waals surface area (Å²) in [4.78, 5) is 11.8. The van der Waals surface area contributed by atoms with Gasteiger partial charge in [0.05, 0.1) is 9.82 Å². The Bertz CT molecular complexity index is 865. The monoisotopic (exact) mass is 380 g/mol. The Kier molecular flexibility index (Phi) is 6.07. The van der Waals surface area contributed by atoms with Crippen LogP contribution in [0.2, 0.25) is 0 Å². The van der Waals surface area contributed by atoms with Crippen LogP contribution in [0.25, 0.3) is 0 Å². The first kappa shape index (κ1) is 19.3. The molecule has 8 heteroatoms. The number of rotatable bonds is 7. The van der Waals surface area contributed by atoms with Gasteiger partial charge < -0.3 is 5.32 Å². The van der Waals surface area contributed by atoms with Crippen LogP contribution in [0.3, 0.4) is 0 Å². The molecule has 0 heterocycles. The van der Waals surface area contributed by atoms with Crippen LogP contribution in [0.5, 0.6) is 0 Å². The van der Waals surface area contributed by atoms with Crippen LogP contribution in [0.4, 0.5) is 11.4 Å². The zero-order valence-corrected chi connectivity index (χ0v) is 15.9. The highest BCUT2D eigenvalue weighted by molar-refractivity contribution is 7.99. The number of nitrogens with zero attached hydrogens (tertiary/aromatic N) is 1. The van der Waals surface area contributed by atoms with Crippen molar-refractivity contribution >= 4 is 33.0 Å². The van der Waals surface area contributed by atoms with E-state index in [4.69, 9.17) is 0 Å². The summed E-state index contributed by atoms with van der Waals surface area (Å²) in [5.74, 6) is 0.992. The van der Waals surface area contributed by atoms with Gasteiger partial charge in [0.15, 0.2) is 9.84 Å². The van der Waals surface area contributed by atoms with Gasteiger partial charge in [-0.3, -0.25) is 10.1 Å². The summed E-state index contributed by atoms with van der Waals surface area (Å²) in [6.45, 7) is 3.98. The minimum Gasteiger partial charge on any atom is -0.373 e. The van der Waals surface area contributed by atoms with Gasteiger partial charge in [-0.2, -0.15) is 0 Å². The molecule has 1 atom stereocenters. The molecule has 0 aliphatic carbocycles. The fraction of sp³-hybridized carbons (Fsp3) is 0.294. The number of nitro groups is 1. The fourth-order valence-electron chi connectivity index (χ4n) is 2.35. The van der Waals surface area contributed by atoms with Crippen molar-refractivity contribution in [1.82, 2.24) is 0 Å². The number of anilines is 1. The quantitative estimate of drug-likeness (QED) is 0.438. The average molecular weight is 380 g/mol. The first-order valence-corrected chi connectivity index (χ1v) is 10.6. The summed E-state index contributed by atoms with van der Waals surface area (Å²) in [6.07, 6.45) is 1.03. The molecule has 0 saturated carbocycles. The molecule has 0 spiro atoms. The molecule has 0 amide bonds. The van der Waals surface area contributed by atoms with E-state index in [0.717, 1.165) is 23.6 Å². The van der Waals surface area contributed by atoms with Gasteiger partial charge in [0.25, 0.3) is 5.69 Å². The third-order valence-corrected chi connectivity index (χ3v) is 5.66. The summed E-state index contributed by atoms with van der Waals surface area (Å²) in [7, 11) is -3.50. The Balaban J connectivity index is 2.27. The van der Waals surface area contributed by atoms with Crippen molar-refractivity contribution in [1.29, 1.82) is 0 Å². The van der Waals surface area contributed by atoms with Gasteiger partial charge in [-0.15, -0.1) is 11.8 Å². The van der Waals surface area contributed by atoms with Crippen molar-refractivity contribution in [3.63, 3.8) is 0 Å². The fourth-order valence-corrected chi connectivity index (χ4v) is 3.65. The Morgan fingerprint density at radius 3 is 2.36 bits per heavy atom. The molecule has 2 rings (SSSR count). The Hall–Kier alpha value is -2.06. The van der Waals surface area contributed by atoms with E-state index in [0.29, 0.717) is 0 Å². The average Bonchev–Trinajstić information content (AvgIpc) is 2.55. The van der Waals surface area contributed by atoms with Gasteiger partial charge >= 0.3 is 0 Å². The highest BCUT2D eigenvalue weighted by atomic mass is 32.2. The molecular formula is C17H20N2O4S2. The molecule has 0 fully saturated rings. The van der Waals surface area contributed by atoms with Gasteiger partial charge in [-0.1, -0.05) is 19.1 Å². The van der Waals surface area contributed by atoms with Crippen LogP contribution in [-0.2, 0) is 9.84 Å². The zero-order chi connectivity index (χ0) is 18.6. The largest absolute Gasteiger partial charge is 0.373 e. The Labute approximate surface area is 151 Å². The normalized spacial score (nSPS) is 12.6. The van der Waals surface area contributed by atoms with E-state index in [1.165, 1.54) is 17.0 Å². The first-order chi connectivity index (χ1) is 11.7. The predicted octanol–water partition coefficient (Wildman–Crippen LogP) is 4.28. The topological polar surface area (TPSA) is 89.3 Å². The smallest absolute Gasteiger partial charge is 0.293 e. The number of nitro benzene ring substituents is 1. The number of nitrogens with one attached hydrogen (secondary N) is 1. The van der Waals surface area contributed by atoms with Crippen molar-refractivity contribution in [3.8, 4) is 0 Å². The lowest BCUT2D eigenvalue weighted by molar-refractivity contribution is -0.384. The van der Waals surface area contributed by atoms with E-state index >= 15 is 0 Å². The zero-order valence-electron chi connectivity index (χ0n) is 14.2. The van der Waals surface area contributed by atoms with Crippen molar-refractivity contribution < 1.29 is 13.3 Å². The molecule has 25 heavy (non-hydrogen) atoms. The molecule has 6 nitrogen and oxygen atoms in total. The van der Waals surface area contributed by atoms with Gasteiger partial charge in [0.2, 0.25) is 0 Å². The van der Waals surface area contributed by atoms with Crippen molar-refractivity contribution in [3.05, 3.63) is 58.1 Å². The lowest BCUT2D eigenvalue weighted by Gasteiger charge is -2.16. The Morgan fingerprint density at radius 1 is 1.20 bits per heavy atom. The molecule has 1 unspecified atom stereocenters. The van der Waals surface area contributed by atoms with Gasteiger partial charge in [0.1, 0.15) is 5.69 Å². The number of thioether (sulfide) groups is 1. The third kappa shape index (κ3) is 4.96. The number of hydrogen-bond donors (Lipinski definition) is 1. The molecule has 134 valence electrons. The number of benzene rings is 2. The third-order valence-electron chi connectivity index (χ3n) is 3.66. The SMILES string of the molecule is CCSc1ccc(C(C)Nc2ccc(S(C)(=O)=O)cc2[N+](=O)[O-])cc1. The van der Waals surface area contributed by atoms with Crippen LogP contribution < -0.4 is 5.32 Å². The van der Waals surface area contributed by atoms with Crippen LogP contribution in [0.15, 0.2) is 52.3 Å². The van der Waals surface area contributed by atoms with Gasteiger partial charge in [-0.05, 0) is 42.5 Å². The van der Waals surface area contributed by atoms with E-state index < -0.39 is 14.8 Å². The van der Waals surface area contributed by atoms with E-state index in [1.807, 2.05) is 31.2 Å². The molecule has 0 aromatic heterocycles. The minimum atomic E-state index is -3.50. The molecule has 2 aromatic rings. The summed E-state index contributed by atoms with van der Waals surface area (Å²) in [5.41, 5.74) is 1.02. The molecular weight excluding hydrogens is 360 g/mol. The second-order valence-corrected chi connectivity index (χ2v) is 8.93. The summed E-state index contributed by atoms with van der Waals surface area (Å²) in [6, 6.07) is 11.7. The van der Waals surface area contributed by atoms with E-state index in [2.05, 4.69) is 12.2 Å².